The van der Waals surface area contributed by atoms with Gasteiger partial charge in [-0.1, -0.05) is 32.4 Å². The number of rotatable bonds is 11. The van der Waals surface area contributed by atoms with E-state index in [-0.39, 0.29) is 6.04 Å². The topological polar surface area (TPSA) is 39.1 Å². The molecule has 0 bridgehead atoms. The lowest BCUT2D eigenvalue weighted by Crippen LogP contribution is -2.26. The van der Waals surface area contributed by atoms with Crippen molar-refractivity contribution in [1.29, 1.82) is 0 Å². The van der Waals surface area contributed by atoms with Gasteiger partial charge in [-0.3, -0.25) is 4.68 Å². The van der Waals surface area contributed by atoms with E-state index in [9.17, 15) is 0 Å². The van der Waals surface area contributed by atoms with E-state index in [1.165, 1.54) is 0 Å². The SMILES string of the molecule is CCCNC(CCOCCC)c1c(Cl)cnn1CCC. The smallest absolute Gasteiger partial charge is 0.0834 e. The van der Waals surface area contributed by atoms with Crippen molar-refractivity contribution >= 4 is 11.6 Å². The second-order valence-electron chi connectivity index (χ2n) is 5.01. The molecule has 0 radical (unpaired) electrons. The molecule has 0 aliphatic carbocycles. The normalized spacial score (nSPS) is 12.8. The van der Waals surface area contributed by atoms with Gasteiger partial charge in [0, 0.05) is 19.8 Å². The number of aryl methyl sites for hydroxylation is 1. The molecule has 1 heterocycles. The maximum atomic E-state index is 6.33. The number of nitrogens with one attached hydrogen (secondary N) is 1. The molecule has 0 aliphatic rings. The molecule has 0 amide bonds. The van der Waals surface area contributed by atoms with Gasteiger partial charge in [0.15, 0.2) is 0 Å². The molecular weight excluding hydrogens is 274 g/mol. The van der Waals surface area contributed by atoms with Crippen molar-refractivity contribution in [3.63, 3.8) is 0 Å². The standard InChI is InChI=1S/C15H28ClN3O/c1-4-8-17-14(7-11-20-10-6-3)15-13(16)12-18-19(15)9-5-2/h12,14,17H,4-11H2,1-3H3. The Morgan fingerprint density at radius 1 is 1.25 bits per heavy atom. The fraction of sp³-hybridized carbons (Fsp3) is 0.800. The molecule has 1 N–H and O–H groups in total. The predicted molar refractivity (Wildman–Crippen MR) is 84.3 cm³/mol. The fourth-order valence-electron chi connectivity index (χ4n) is 2.21. The van der Waals surface area contributed by atoms with Gasteiger partial charge in [0.25, 0.3) is 0 Å². The number of ether oxygens (including phenoxy) is 1. The summed E-state index contributed by atoms with van der Waals surface area (Å²) in [5.74, 6) is 0. The van der Waals surface area contributed by atoms with Crippen LogP contribution in [-0.4, -0.2) is 29.5 Å². The Labute approximate surface area is 127 Å². The van der Waals surface area contributed by atoms with Crippen molar-refractivity contribution in [3.05, 3.63) is 16.9 Å². The maximum Gasteiger partial charge on any atom is 0.0834 e. The highest BCUT2D eigenvalue weighted by Crippen LogP contribution is 2.25. The minimum absolute atomic E-state index is 0.216. The van der Waals surface area contributed by atoms with Crippen LogP contribution in [0.2, 0.25) is 5.02 Å². The van der Waals surface area contributed by atoms with Gasteiger partial charge in [0.1, 0.15) is 0 Å². The largest absolute Gasteiger partial charge is 0.381 e. The lowest BCUT2D eigenvalue weighted by molar-refractivity contribution is 0.123. The third-order valence-electron chi connectivity index (χ3n) is 3.14. The van der Waals surface area contributed by atoms with E-state index in [1.807, 2.05) is 4.68 Å². The van der Waals surface area contributed by atoms with Crippen LogP contribution in [0.25, 0.3) is 0 Å². The Morgan fingerprint density at radius 3 is 2.70 bits per heavy atom. The Balaban J connectivity index is 2.72. The van der Waals surface area contributed by atoms with Crippen molar-refractivity contribution in [3.8, 4) is 0 Å². The molecule has 0 aromatic carbocycles. The van der Waals surface area contributed by atoms with Crippen molar-refractivity contribution in [2.75, 3.05) is 19.8 Å². The van der Waals surface area contributed by atoms with Crippen LogP contribution in [0, 0.1) is 0 Å². The summed E-state index contributed by atoms with van der Waals surface area (Å²) in [6.45, 7) is 9.90. The van der Waals surface area contributed by atoms with Crippen molar-refractivity contribution in [2.24, 2.45) is 0 Å². The van der Waals surface area contributed by atoms with Crippen LogP contribution in [0.4, 0.5) is 0 Å². The van der Waals surface area contributed by atoms with E-state index in [1.54, 1.807) is 6.20 Å². The molecule has 0 aliphatic heterocycles. The van der Waals surface area contributed by atoms with Crippen LogP contribution in [0.15, 0.2) is 6.20 Å². The second-order valence-corrected chi connectivity index (χ2v) is 5.42. The first-order valence-electron chi connectivity index (χ1n) is 7.76. The minimum Gasteiger partial charge on any atom is -0.381 e. The van der Waals surface area contributed by atoms with Crippen molar-refractivity contribution < 1.29 is 4.74 Å². The van der Waals surface area contributed by atoms with E-state index in [0.717, 1.165) is 62.7 Å². The highest BCUT2D eigenvalue weighted by Gasteiger charge is 2.19. The van der Waals surface area contributed by atoms with Crippen LogP contribution in [0.1, 0.15) is 58.2 Å². The van der Waals surface area contributed by atoms with Gasteiger partial charge < -0.3 is 10.1 Å². The molecule has 1 rings (SSSR count). The number of halogens is 1. The fourth-order valence-corrected chi connectivity index (χ4v) is 2.48. The summed E-state index contributed by atoms with van der Waals surface area (Å²) in [7, 11) is 0. The van der Waals surface area contributed by atoms with E-state index in [4.69, 9.17) is 16.3 Å². The monoisotopic (exact) mass is 301 g/mol. The molecule has 0 saturated heterocycles. The number of hydrogen-bond donors (Lipinski definition) is 1. The van der Waals surface area contributed by atoms with Crippen LogP contribution in [0.3, 0.4) is 0 Å². The number of hydrogen-bond acceptors (Lipinski definition) is 3. The summed E-state index contributed by atoms with van der Waals surface area (Å²) in [6, 6.07) is 0.216. The van der Waals surface area contributed by atoms with Crippen molar-refractivity contribution in [1.82, 2.24) is 15.1 Å². The van der Waals surface area contributed by atoms with Crippen LogP contribution in [-0.2, 0) is 11.3 Å². The highest BCUT2D eigenvalue weighted by molar-refractivity contribution is 6.31. The molecule has 4 nitrogen and oxygen atoms in total. The quantitative estimate of drug-likeness (QED) is 0.632. The molecular formula is C15H28ClN3O. The Hall–Kier alpha value is -0.580. The third-order valence-corrected chi connectivity index (χ3v) is 3.43. The average Bonchev–Trinajstić information content (AvgIpc) is 2.80. The first kappa shape index (κ1) is 17.5. The maximum absolute atomic E-state index is 6.33. The van der Waals surface area contributed by atoms with Gasteiger partial charge in [-0.2, -0.15) is 5.10 Å². The summed E-state index contributed by atoms with van der Waals surface area (Å²) in [5, 5.41) is 8.70. The van der Waals surface area contributed by atoms with Gasteiger partial charge in [-0.05, 0) is 32.2 Å². The van der Waals surface area contributed by atoms with E-state index in [2.05, 4.69) is 31.2 Å². The summed E-state index contributed by atoms with van der Waals surface area (Å²) in [6.07, 6.45) is 5.89. The number of nitrogens with zero attached hydrogens (tertiary/aromatic N) is 2. The summed E-state index contributed by atoms with van der Waals surface area (Å²) in [4.78, 5) is 0. The summed E-state index contributed by atoms with van der Waals surface area (Å²) in [5.41, 5.74) is 1.10. The molecule has 20 heavy (non-hydrogen) atoms. The van der Waals surface area contributed by atoms with E-state index >= 15 is 0 Å². The molecule has 1 aromatic heterocycles. The summed E-state index contributed by atoms with van der Waals surface area (Å²) >= 11 is 6.33. The minimum atomic E-state index is 0.216. The van der Waals surface area contributed by atoms with Gasteiger partial charge in [-0.25, -0.2) is 0 Å². The van der Waals surface area contributed by atoms with E-state index < -0.39 is 0 Å². The molecule has 0 saturated carbocycles. The van der Waals surface area contributed by atoms with Crippen LogP contribution in [0.5, 0.6) is 0 Å². The zero-order valence-electron chi connectivity index (χ0n) is 13.0. The predicted octanol–water partition coefficient (Wildman–Crippen LogP) is 3.80. The molecule has 0 fully saturated rings. The number of aromatic nitrogens is 2. The first-order valence-corrected chi connectivity index (χ1v) is 8.14. The molecule has 1 unspecified atom stereocenters. The molecule has 1 atom stereocenters. The Kier molecular flexibility index (Phi) is 8.90. The van der Waals surface area contributed by atoms with Crippen LogP contribution >= 0.6 is 11.6 Å². The van der Waals surface area contributed by atoms with Gasteiger partial charge >= 0.3 is 0 Å². The Bertz CT molecular complexity index is 368. The average molecular weight is 302 g/mol. The zero-order valence-corrected chi connectivity index (χ0v) is 13.7. The molecule has 5 heteroatoms. The second kappa shape index (κ2) is 10.2. The van der Waals surface area contributed by atoms with E-state index in [0.29, 0.717) is 0 Å². The zero-order chi connectivity index (χ0) is 14.8. The third kappa shape index (κ3) is 5.43. The first-order chi connectivity index (χ1) is 9.74. The lowest BCUT2D eigenvalue weighted by Gasteiger charge is -2.20. The Morgan fingerprint density at radius 2 is 2.05 bits per heavy atom. The molecule has 0 spiro atoms. The molecule has 116 valence electrons. The van der Waals surface area contributed by atoms with Gasteiger partial charge in [0.2, 0.25) is 0 Å². The van der Waals surface area contributed by atoms with Crippen LogP contribution < -0.4 is 5.32 Å². The highest BCUT2D eigenvalue weighted by atomic mass is 35.5. The van der Waals surface area contributed by atoms with Crippen molar-refractivity contribution in [2.45, 2.75) is 59.0 Å². The van der Waals surface area contributed by atoms with Gasteiger partial charge in [-0.15, -0.1) is 0 Å². The molecule has 1 aromatic rings. The lowest BCUT2D eigenvalue weighted by atomic mass is 10.1. The summed E-state index contributed by atoms with van der Waals surface area (Å²) < 4.78 is 7.64. The van der Waals surface area contributed by atoms with Gasteiger partial charge in [0.05, 0.1) is 23.0 Å².